The molecule has 1 N–H and O–H groups in total. The fraction of sp³-hybridized carbons (Fsp3) is 0.136. The van der Waals surface area contributed by atoms with Crippen molar-refractivity contribution < 1.29 is 17.9 Å². The van der Waals surface area contributed by atoms with Crippen LogP contribution in [-0.4, -0.2) is 21.7 Å². The number of hydrogen-bond acceptors (Lipinski definition) is 5. The van der Waals surface area contributed by atoms with Crippen LogP contribution in [0.15, 0.2) is 82.8 Å². The molecule has 0 fully saturated rings. The van der Waals surface area contributed by atoms with Crippen LogP contribution in [0.5, 0.6) is 11.5 Å². The highest BCUT2D eigenvalue weighted by atomic mass is 32.2. The normalized spacial score (nSPS) is 11.4. The van der Waals surface area contributed by atoms with Gasteiger partial charge in [-0.05, 0) is 42.3 Å². The van der Waals surface area contributed by atoms with E-state index in [1.807, 2.05) is 55.5 Å². The molecular weight excluding hydrogens is 388 g/mol. The summed E-state index contributed by atoms with van der Waals surface area (Å²) in [4.78, 5) is 2.27. The van der Waals surface area contributed by atoms with E-state index in [2.05, 4.69) is 9.93 Å². The molecule has 0 amide bonds. The van der Waals surface area contributed by atoms with E-state index in [4.69, 9.17) is 9.47 Å². The maximum atomic E-state index is 12.6. The first kappa shape index (κ1) is 20.4. The Bertz CT molecular complexity index is 1100. The minimum Gasteiger partial charge on any atom is -0.495 e. The Kier molecular flexibility index (Phi) is 6.51. The summed E-state index contributed by atoms with van der Waals surface area (Å²) in [5, 5.41) is 3.91. The smallest absolute Gasteiger partial charge is 0.280 e. The van der Waals surface area contributed by atoms with E-state index < -0.39 is 10.0 Å². The average molecular weight is 410 g/mol. The van der Waals surface area contributed by atoms with Crippen LogP contribution in [0.25, 0.3) is 0 Å². The molecule has 29 heavy (non-hydrogen) atoms. The van der Waals surface area contributed by atoms with Gasteiger partial charge < -0.3 is 9.47 Å². The number of methoxy groups -OCH3 is 1. The number of nitrogens with zero attached hydrogens (tertiary/aromatic N) is 1. The summed E-state index contributed by atoms with van der Waals surface area (Å²) in [6.07, 6.45) is 1.42. The molecule has 0 saturated carbocycles. The van der Waals surface area contributed by atoms with Crippen LogP contribution in [-0.2, 0) is 16.6 Å². The minimum absolute atomic E-state index is 0.0331. The van der Waals surface area contributed by atoms with Crippen molar-refractivity contribution in [2.45, 2.75) is 18.4 Å². The lowest BCUT2D eigenvalue weighted by molar-refractivity contribution is 0.306. The molecule has 7 heteroatoms. The summed E-state index contributed by atoms with van der Waals surface area (Å²) in [6.45, 7) is 2.21. The molecule has 0 saturated heterocycles. The summed E-state index contributed by atoms with van der Waals surface area (Å²) in [7, 11) is -2.45. The fourth-order valence-electron chi connectivity index (χ4n) is 2.66. The van der Waals surface area contributed by atoms with Gasteiger partial charge in [0.05, 0.1) is 13.3 Å². The van der Waals surface area contributed by atoms with E-state index in [-0.39, 0.29) is 10.6 Å². The van der Waals surface area contributed by atoms with Gasteiger partial charge >= 0.3 is 0 Å². The molecule has 0 aliphatic carbocycles. The first-order valence-corrected chi connectivity index (χ1v) is 10.4. The Labute approximate surface area is 170 Å². The third kappa shape index (κ3) is 5.36. The largest absolute Gasteiger partial charge is 0.495 e. The summed E-state index contributed by atoms with van der Waals surface area (Å²) < 4.78 is 36.2. The second-order valence-corrected chi connectivity index (χ2v) is 7.95. The van der Waals surface area contributed by atoms with Gasteiger partial charge in [0.15, 0.2) is 0 Å². The van der Waals surface area contributed by atoms with Gasteiger partial charge in [-0.15, -0.1) is 0 Å². The molecule has 0 spiro atoms. The molecule has 0 radical (unpaired) electrons. The molecule has 150 valence electrons. The van der Waals surface area contributed by atoms with Crippen molar-refractivity contribution in [3.8, 4) is 11.5 Å². The molecule has 6 nitrogen and oxygen atoms in total. The number of rotatable bonds is 8. The number of hydrazone groups is 1. The van der Waals surface area contributed by atoms with Gasteiger partial charge in [-0.25, -0.2) is 0 Å². The predicted molar refractivity (Wildman–Crippen MR) is 113 cm³/mol. The molecule has 3 rings (SSSR count). The Hall–Kier alpha value is -3.32. The van der Waals surface area contributed by atoms with Crippen molar-refractivity contribution in [2.24, 2.45) is 5.10 Å². The number of hydrogen-bond donors (Lipinski definition) is 1. The minimum atomic E-state index is -3.88. The standard InChI is InChI=1S/C22H22N2O4S/c1-17-12-13-21(27-2)22(14-17)29(25,26)24-23-15-19-10-6-7-11-20(19)28-16-18-8-4-3-5-9-18/h3-15,24H,16H2,1-2H3/b23-15+. The number of benzene rings is 3. The van der Waals surface area contributed by atoms with Gasteiger partial charge in [0.2, 0.25) is 0 Å². The zero-order valence-corrected chi connectivity index (χ0v) is 17.0. The molecule has 0 aliphatic heterocycles. The molecule has 3 aromatic rings. The number of para-hydroxylation sites is 1. The van der Waals surface area contributed by atoms with Crippen LogP contribution < -0.4 is 14.3 Å². The molecule has 0 aliphatic rings. The summed E-state index contributed by atoms with van der Waals surface area (Å²) in [6, 6.07) is 22.0. The summed E-state index contributed by atoms with van der Waals surface area (Å²) in [5.41, 5.74) is 2.49. The zero-order valence-electron chi connectivity index (χ0n) is 16.2. The Morgan fingerprint density at radius 3 is 2.45 bits per heavy atom. The third-order valence-corrected chi connectivity index (χ3v) is 5.39. The molecule has 3 aromatic carbocycles. The molecular formula is C22H22N2O4S. The highest BCUT2D eigenvalue weighted by Crippen LogP contribution is 2.24. The van der Waals surface area contributed by atoms with E-state index in [1.54, 1.807) is 18.2 Å². The monoisotopic (exact) mass is 410 g/mol. The van der Waals surface area contributed by atoms with E-state index in [0.29, 0.717) is 17.9 Å². The van der Waals surface area contributed by atoms with Gasteiger partial charge in [0.1, 0.15) is 23.0 Å². The zero-order chi connectivity index (χ0) is 20.7. The van der Waals surface area contributed by atoms with Crippen molar-refractivity contribution >= 4 is 16.2 Å². The Balaban J connectivity index is 1.74. The third-order valence-electron chi connectivity index (χ3n) is 4.14. The van der Waals surface area contributed by atoms with E-state index >= 15 is 0 Å². The number of aryl methyl sites for hydroxylation is 1. The van der Waals surface area contributed by atoms with Crippen LogP contribution in [0.2, 0.25) is 0 Å². The van der Waals surface area contributed by atoms with Crippen LogP contribution in [0, 0.1) is 6.92 Å². The topological polar surface area (TPSA) is 77.0 Å². The van der Waals surface area contributed by atoms with Gasteiger partial charge in [-0.3, -0.25) is 0 Å². The first-order chi connectivity index (χ1) is 14.0. The first-order valence-electron chi connectivity index (χ1n) is 8.95. The van der Waals surface area contributed by atoms with E-state index in [1.165, 1.54) is 19.4 Å². The van der Waals surface area contributed by atoms with E-state index in [0.717, 1.165) is 11.1 Å². The van der Waals surface area contributed by atoms with Crippen LogP contribution in [0.4, 0.5) is 0 Å². The van der Waals surface area contributed by atoms with Crippen molar-refractivity contribution in [1.29, 1.82) is 0 Å². The van der Waals surface area contributed by atoms with Crippen molar-refractivity contribution in [2.75, 3.05) is 7.11 Å². The van der Waals surface area contributed by atoms with Gasteiger partial charge in [-0.2, -0.15) is 18.4 Å². The molecule has 0 aromatic heterocycles. The number of ether oxygens (including phenoxy) is 2. The highest BCUT2D eigenvalue weighted by Gasteiger charge is 2.19. The van der Waals surface area contributed by atoms with Gasteiger partial charge in [0.25, 0.3) is 10.0 Å². The van der Waals surface area contributed by atoms with Crippen LogP contribution in [0.1, 0.15) is 16.7 Å². The van der Waals surface area contributed by atoms with Crippen LogP contribution in [0.3, 0.4) is 0 Å². The molecule has 0 atom stereocenters. The number of sulfonamides is 1. The SMILES string of the molecule is COc1ccc(C)cc1S(=O)(=O)N/N=C/c1ccccc1OCc1ccccc1. The fourth-order valence-corrected chi connectivity index (χ4v) is 3.71. The molecule has 0 bridgehead atoms. The maximum Gasteiger partial charge on any atom is 0.280 e. The second-order valence-electron chi connectivity index (χ2n) is 6.32. The van der Waals surface area contributed by atoms with Crippen molar-refractivity contribution in [1.82, 2.24) is 4.83 Å². The quantitative estimate of drug-likeness (QED) is 0.451. The van der Waals surface area contributed by atoms with Crippen molar-refractivity contribution in [3.05, 3.63) is 89.5 Å². The predicted octanol–water partition coefficient (Wildman–Crippen LogP) is 3.90. The summed E-state index contributed by atoms with van der Waals surface area (Å²) in [5.74, 6) is 0.859. The second kappa shape index (κ2) is 9.25. The lowest BCUT2D eigenvalue weighted by Gasteiger charge is -2.10. The Morgan fingerprint density at radius 2 is 1.69 bits per heavy atom. The number of nitrogens with one attached hydrogen (secondary N) is 1. The van der Waals surface area contributed by atoms with Crippen molar-refractivity contribution in [3.63, 3.8) is 0 Å². The van der Waals surface area contributed by atoms with E-state index in [9.17, 15) is 8.42 Å². The highest BCUT2D eigenvalue weighted by molar-refractivity contribution is 7.89. The summed E-state index contributed by atoms with van der Waals surface area (Å²) >= 11 is 0. The van der Waals surface area contributed by atoms with Gasteiger partial charge in [-0.1, -0.05) is 48.5 Å². The molecule has 0 unspecified atom stereocenters. The maximum absolute atomic E-state index is 12.6. The Morgan fingerprint density at radius 1 is 0.966 bits per heavy atom. The lowest BCUT2D eigenvalue weighted by atomic mass is 10.2. The average Bonchev–Trinajstić information content (AvgIpc) is 2.73. The lowest BCUT2D eigenvalue weighted by Crippen LogP contribution is -2.19. The van der Waals surface area contributed by atoms with Gasteiger partial charge in [0, 0.05) is 5.56 Å². The van der Waals surface area contributed by atoms with Crippen LogP contribution >= 0.6 is 0 Å². The molecule has 0 heterocycles.